The second-order valence-corrected chi connectivity index (χ2v) is 5.71. The smallest absolute Gasteiger partial charge is 0.272 e. The number of benzene rings is 1. The number of nitrogens with one attached hydrogen (secondary N) is 1. The second kappa shape index (κ2) is 8.48. The van der Waals surface area contributed by atoms with E-state index in [2.05, 4.69) is 15.3 Å². The molecule has 8 heteroatoms. The molecule has 1 amide bonds. The van der Waals surface area contributed by atoms with Gasteiger partial charge in [0.25, 0.3) is 5.91 Å². The third-order valence-corrected chi connectivity index (χ3v) is 4.07. The monoisotopic (exact) mass is 358 g/mol. The average Bonchev–Trinajstić information content (AvgIpc) is 2.72. The second-order valence-electron chi connectivity index (χ2n) is 5.71. The van der Waals surface area contributed by atoms with Gasteiger partial charge in [0.05, 0.1) is 27.4 Å². The standard InChI is InChI=1S/C18H22N4O4/c1-24-15-4-3-13(11-16(15)25-2)12-20-18-19-6-5-14(21-18)17(23)22-7-9-26-10-8-22/h3-6,11H,7-10,12H2,1-2H3,(H,19,20,21). The number of rotatable bonds is 6. The van der Waals surface area contributed by atoms with Gasteiger partial charge in [0.1, 0.15) is 5.69 Å². The summed E-state index contributed by atoms with van der Waals surface area (Å²) in [4.78, 5) is 22.8. The Morgan fingerprint density at radius 1 is 1.19 bits per heavy atom. The molecule has 1 N–H and O–H groups in total. The van der Waals surface area contributed by atoms with Gasteiger partial charge in [0, 0.05) is 25.8 Å². The normalized spacial score (nSPS) is 14.0. The molecule has 0 atom stereocenters. The van der Waals surface area contributed by atoms with Crippen LogP contribution in [0.3, 0.4) is 0 Å². The summed E-state index contributed by atoms with van der Waals surface area (Å²) in [5.41, 5.74) is 1.35. The van der Waals surface area contributed by atoms with Gasteiger partial charge in [-0.1, -0.05) is 6.07 Å². The van der Waals surface area contributed by atoms with E-state index in [-0.39, 0.29) is 5.91 Å². The first-order valence-electron chi connectivity index (χ1n) is 8.36. The lowest BCUT2D eigenvalue weighted by molar-refractivity contribution is 0.0299. The first-order valence-corrected chi connectivity index (χ1v) is 8.36. The van der Waals surface area contributed by atoms with E-state index in [1.807, 2.05) is 18.2 Å². The van der Waals surface area contributed by atoms with Crippen LogP contribution in [0.5, 0.6) is 11.5 Å². The zero-order chi connectivity index (χ0) is 18.4. The lowest BCUT2D eigenvalue weighted by atomic mass is 10.2. The highest BCUT2D eigenvalue weighted by Crippen LogP contribution is 2.27. The Hall–Kier alpha value is -2.87. The summed E-state index contributed by atoms with van der Waals surface area (Å²) in [5, 5.41) is 3.13. The first kappa shape index (κ1) is 17.9. The quantitative estimate of drug-likeness (QED) is 0.839. The number of nitrogens with zero attached hydrogens (tertiary/aromatic N) is 3. The van der Waals surface area contributed by atoms with Gasteiger partial charge >= 0.3 is 0 Å². The van der Waals surface area contributed by atoms with Crippen LogP contribution in [0.4, 0.5) is 5.95 Å². The van der Waals surface area contributed by atoms with Crippen LogP contribution >= 0.6 is 0 Å². The minimum atomic E-state index is -0.107. The number of amides is 1. The third-order valence-electron chi connectivity index (χ3n) is 4.07. The summed E-state index contributed by atoms with van der Waals surface area (Å²) in [5.74, 6) is 1.62. The van der Waals surface area contributed by atoms with Crippen molar-refractivity contribution < 1.29 is 19.0 Å². The average molecular weight is 358 g/mol. The molecule has 1 aliphatic heterocycles. The fraction of sp³-hybridized carbons (Fsp3) is 0.389. The molecule has 1 aromatic heterocycles. The Morgan fingerprint density at radius 2 is 1.96 bits per heavy atom. The van der Waals surface area contributed by atoms with Crippen molar-refractivity contribution in [2.45, 2.75) is 6.54 Å². The van der Waals surface area contributed by atoms with Crippen molar-refractivity contribution in [3.8, 4) is 11.5 Å². The van der Waals surface area contributed by atoms with Crippen molar-refractivity contribution in [2.24, 2.45) is 0 Å². The highest BCUT2D eigenvalue weighted by molar-refractivity contribution is 5.92. The van der Waals surface area contributed by atoms with E-state index >= 15 is 0 Å². The maximum absolute atomic E-state index is 12.5. The highest BCUT2D eigenvalue weighted by Gasteiger charge is 2.20. The summed E-state index contributed by atoms with van der Waals surface area (Å²) >= 11 is 0. The van der Waals surface area contributed by atoms with Crippen molar-refractivity contribution in [1.29, 1.82) is 0 Å². The minimum absolute atomic E-state index is 0.107. The van der Waals surface area contributed by atoms with Crippen LogP contribution in [0, 0.1) is 0 Å². The SMILES string of the molecule is COc1ccc(CNc2nccc(C(=O)N3CCOCC3)n2)cc1OC. The number of carbonyl (C=O) groups is 1. The molecule has 0 aliphatic carbocycles. The molecule has 3 rings (SSSR count). The molecule has 2 aromatic rings. The molecule has 0 spiro atoms. The Bertz CT molecular complexity index is 763. The summed E-state index contributed by atoms with van der Waals surface area (Å²) in [6.07, 6.45) is 1.58. The van der Waals surface area contributed by atoms with Crippen LogP contribution in [0.2, 0.25) is 0 Å². The van der Waals surface area contributed by atoms with Crippen molar-refractivity contribution in [1.82, 2.24) is 14.9 Å². The molecule has 8 nitrogen and oxygen atoms in total. The molecule has 0 unspecified atom stereocenters. The van der Waals surface area contributed by atoms with E-state index in [1.54, 1.807) is 31.4 Å². The van der Waals surface area contributed by atoms with E-state index < -0.39 is 0 Å². The first-order chi connectivity index (χ1) is 12.7. The Kier molecular flexibility index (Phi) is 5.85. The molecule has 1 aliphatic rings. The van der Waals surface area contributed by atoms with Crippen molar-refractivity contribution >= 4 is 11.9 Å². The van der Waals surface area contributed by atoms with Gasteiger partial charge in [0.15, 0.2) is 11.5 Å². The summed E-state index contributed by atoms with van der Waals surface area (Å²) < 4.78 is 15.8. The number of ether oxygens (including phenoxy) is 3. The number of methoxy groups -OCH3 is 2. The number of carbonyl (C=O) groups excluding carboxylic acids is 1. The van der Waals surface area contributed by atoms with Crippen molar-refractivity contribution in [2.75, 3.05) is 45.8 Å². The zero-order valence-corrected chi connectivity index (χ0v) is 14.9. The Morgan fingerprint density at radius 3 is 2.69 bits per heavy atom. The van der Waals surface area contributed by atoms with Gasteiger partial charge in [-0.3, -0.25) is 4.79 Å². The van der Waals surface area contributed by atoms with Crippen LogP contribution < -0.4 is 14.8 Å². The van der Waals surface area contributed by atoms with E-state index in [4.69, 9.17) is 14.2 Å². The molecule has 1 saturated heterocycles. The van der Waals surface area contributed by atoms with Crippen molar-refractivity contribution in [3.05, 3.63) is 41.7 Å². The molecular weight excluding hydrogens is 336 g/mol. The van der Waals surface area contributed by atoms with Gasteiger partial charge in [-0.25, -0.2) is 9.97 Å². The molecular formula is C18H22N4O4. The molecule has 0 bridgehead atoms. The molecule has 0 radical (unpaired) electrons. The number of aromatic nitrogens is 2. The van der Waals surface area contributed by atoms with Gasteiger partial charge in [-0.05, 0) is 23.8 Å². The lowest BCUT2D eigenvalue weighted by Gasteiger charge is -2.26. The van der Waals surface area contributed by atoms with Crippen LogP contribution in [-0.4, -0.2) is 61.3 Å². The van der Waals surface area contributed by atoms with E-state index in [9.17, 15) is 4.79 Å². The maximum Gasteiger partial charge on any atom is 0.272 e. The van der Waals surface area contributed by atoms with Crippen LogP contribution in [0.15, 0.2) is 30.5 Å². The predicted molar refractivity (Wildman–Crippen MR) is 95.6 cm³/mol. The largest absolute Gasteiger partial charge is 0.493 e. The Balaban J connectivity index is 1.66. The number of anilines is 1. The van der Waals surface area contributed by atoms with Gasteiger partial charge in [-0.2, -0.15) is 0 Å². The van der Waals surface area contributed by atoms with Gasteiger partial charge < -0.3 is 24.4 Å². The lowest BCUT2D eigenvalue weighted by Crippen LogP contribution is -2.41. The molecule has 0 saturated carbocycles. The van der Waals surface area contributed by atoms with E-state index in [0.29, 0.717) is 56.0 Å². The number of morpholine rings is 1. The molecule has 26 heavy (non-hydrogen) atoms. The van der Waals surface area contributed by atoms with Crippen LogP contribution in [-0.2, 0) is 11.3 Å². The summed E-state index contributed by atoms with van der Waals surface area (Å²) in [6.45, 7) is 2.77. The summed E-state index contributed by atoms with van der Waals surface area (Å²) in [7, 11) is 3.19. The molecule has 1 aromatic carbocycles. The third kappa shape index (κ3) is 4.20. The molecule has 2 heterocycles. The molecule has 138 valence electrons. The summed E-state index contributed by atoms with van der Waals surface area (Å²) in [6, 6.07) is 7.28. The zero-order valence-electron chi connectivity index (χ0n) is 14.9. The number of hydrogen-bond donors (Lipinski definition) is 1. The van der Waals surface area contributed by atoms with Crippen LogP contribution in [0.25, 0.3) is 0 Å². The highest BCUT2D eigenvalue weighted by atomic mass is 16.5. The topological polar surface area (TPSA) is 85.8 Å². The Labute approximate surface area is 152 Å². The minimum Gasteiger partial charge on any atom is -0.493 e. The van der Waals surface area contributed by atoms with E-state index in [1.165, 1.54) is 0 Å². The van der Waals surface area contributed by atoms with Gasteiger partial charge in [-0.15, -0.1) is 0 Å². The predicted octanol–water partition coefficient (Wildman–Crippen LogP) is 1.58. The van der Waals surface area contributed by atoms with E-state index in [0.717, 1.165) is 5.56 Å². The van der Waals surface area contributed by atoms with Crippen LogP contribution in [0.1, 0.15) is 16.1 Å². The fourth-order valence-corrected chi connectivity index (χ4v) is 2.66. The number of hydrogen-bond acceptors (Lipinski definition) is 7. The fourth-order valence-electron chi connectivity index (χ4n) is 2.66. The molecule has 1 fully saturated rings. The van der Waals surface area contributed by atoms with Crippen molar-refractivity contribution in [3.63, 3.8) is 0 Å². The maximum atomic E-state index is 12.5. The van der Waals surface area contributed by atoms with Gasteiger partial charge in [0.2, 0.25) is 5.95 Å².